The highest BCUT2D eigenvalue weighted by atomic mass is 16.4. The van der Waals surface area contributed by atoms with Crippen LogP contribution in [0.4, 0.5) is 5.69 Å². The molecular weight excluding hydrogens is 428 g/mol. The summed E-state index contributed by atoms with van der Waals surface area (Å²) in [4.78, 5) is 27.1. The summed E-state index contributed by atoms with van der Waals surface area (Å²) < 4.78 is 11.1. The fourth-order valence-electron chi connectivity index (χ4n) is 4.05. The second-order valence-electron chi connectivity index (χ2n) is 8.12. The number of fused-ring (bicyclic) bond motifs is 2. The van der Waals surface area contributed by atoms with Gasteiger partial charge in [0, 0.05) is 36.5 Å². The van der Waals surface area contributed by atoms with Gasteiger partial charge < -0.3 is 19.1 Å². The van der Waals surface area contributed by atoms with Gasteiger partial charge in [-0.2, -0.15) is 0 Å². The molecule has 34 heavy (non-hydrogen) atoms. The molecular formula is C28H24N2O4. The number of hydrogen-bond acceptors (Lipinski definition) is 5. The van der Waals surface area contributed by atoms with E-state index in [1.165, 1.54) is 6.07 Å². The molecule has 6 heteroatoms. The summed E-state index contributed by atoms with van der Waals surface area (Å²) in [5, 5.41) is 5.08. The van der Waals surface area contributed by atoms with E-state index in [-0.39, 0.29) is 5.91 Å². The molecule has 5 rings (SSSR count). The smallest absolute Gasteiger partial charge is 0.338 e. The van der Waals surface area contributed by atoms with E-state index in [0.717, 1.165) is 22.0 Å². The molecule has 5 aromatic rings. The van der Waals surface area contributed by atoms with Crippen LogP contribution in [0.15, 0.2) is 105 Å². The molecule has 0 aliphatic heterocycles. The molecule has 1 N–H and O–H groups in total. The SMILES string of the molecule is O=C(c1cc2ccccc2o1)N(CCCNc1cc(=O)oc2ccccc12)Cc1ccccc1. The second kappa shape index (κ2) is 9.67. The lowest BCUT2D eigenvalue weighted by molar-refractivity contribution is 0.0713. The van der Waals surface area contributed by atoms with Crippen LogP contribution in [0.2, 0.25) is 0 Å². The van der Waals surface area contributed by atoms with E-state index in [4.69, 9.17) is 8.83 Å². The molecule has 0 atom stereocenters. The molecule has 0 unspecified atom stereocenters. The average Bonchev–Trinajstić information content (AvgIpc) is 3.30. The van der Waals surface area contributed by atoms with Crippen molar-refractivity contribution in [3.63, 3.8) is 0 Å². The molecule has 0 saturated heterocycles. The monoisotopic (exact) mass is 452 g/mol. The van der Waals surface area contributed by atoms with Crippen molar-refractivity contribution < 1.29 is 13.6 Å². The lowest BCUT2D eigenvalue weighted by atomic mass is 10.2. The van der Waals surface area contributed by atoms with E-state index in [9.17, 15) is 9.59 Å². The quantitative estimate of drug-likeness (QED) is 0.242. The molecule has 0 spiro atoms. The van der Waals surface area contributed by atoms with Crippen molar-refractivity contribution in [1.82, 2.24) is 4.90 Å². The Morgan fingerprint density at radius 1 is 0.824 bits per heavy atom. The van der Waals surface area contributed by atoms with Gasteiger partial charge in [-0.1, -0.05) is 60.7 Å². The summed E-state index contributed by atoms with van der Waals surface area (Å²) in [5.41, 5.74) is 2.62. The zero-order valence-corrected chi connectivity index (χ0v) is 18.6. The topological polar surface area (TPSA) is 75.7 Å². The third-order valence-electron chi connectivity index (χ3n) is 5.71. The number of nitrogens with zero attached hydrogens (tertiary/aromatic N) is 1. The van der Waals surface area contributed by atoms with Crippen LogP contribution in [0.5, 0.6) is 0 Å². The number of benzene rings is 3. The minimum Gasteiger partial charge on any atom is -0.451 e. The number of amides is 1. The molecule has 0 bridgehead atoms. The van der Waals surface area contributed by atoms with Crippen LogP contribution in [-0.2, 0) is 6.54 Å². The van der Waals surface area contributed by atoms with Gasteiger partial charge in [-0.15, -0.1) is 0 Å². The Morgan fingerprint density at radius 2 is 1.56 bits per heavy atom. The normalized spacial score (nSPS) is 11.1. The van der Waals surface area contributed by atoms with Gasteiger partial charge in [-0.3, -0.25) is 4.79 Å². The standard InChI is InChI=1S/C28H24N2O4/c31-27-18-23(22-12-5-7-14-25(22)34-27)29-15-8-16-30(19-20-9-2-1-3-10-20)28(32)26-17-21-11-4-6-13-24(21)33-26/h1-7,9-14,17-18,29H,8,15-16,19H2. The van der Waals surface area contributed by atoms with Crippen LogP contribution >= 0.6 is 0 Å². The second-order valence-corrected chi connectivity index (χ2v) is 8.12. The zero-order valence-electron chi connectivity index (χ0n) is 18.6. The number of anilines is 1. The molecule has 0 aliphatic carbocycles. The first-order valence-electron chi connectivity index (χ1n) is 11.3. The largest absolute Gasteiger partial charge is 0.451 e. The Hall–Kier alpha value is -4.32. The van der Waals surface area contributed by atoms with E-state index in [1.807, 2.05) is 72.8 Å². The zero-order chi connectivity index (χ0) is 23.3. The van der Waals surface area contributed by atoms with Gasteiger partial charge in [0.25, 0.3) is 5.91 Å². The van der Waals surface area contributed by atoms with Crippen molar-refractivity contribution in [2.75, 3.05) is 18.4 Å². The van der Waals surface area contributed by atoms with E-state index in [1.54, 1.807) is 17.0 Å². The molecule has 6 nitrogen and oxygen atoms in total. The lowest BCUT2D eigenvalue weighted by Crippen LogP contribution is -2.32. The van der Waals surface area contributed by atoms with Gasteiger partial charge in [0.1, 0.15) is 11.2 Å². The maximum absolute atomic E-state index is 13.4. The first-order valence-corrected chi connectivity index (χ1v) is 11.3. The summed E-state index contributed by atoms with van der Waals surface area (Å²) in [6, 6.07) is 28.2. The summed E-state index contributed by atoms with van der Waals surface area (Å²) in [5.74, 6) is 0.183. The van der Waals surface area contributed by atoms with Crippen LogP contribution in [0, 0.1) is 0 Å². The molecule has 3 aromatic carbocycles. The molecule has 0 radical (unpaired) electrons. The highest BCUT2D eigenvalue weighted by Crippen LogP contribution is 2.22. The van der Waals surface area contributed by atoms with E-state index in [0.29, 0.717) is 43.0 Å². The molecule has 0 saturated carbocycles. The van der Waals surface area contributed by atoms with Crippen molar-refractivity contribution in [2.24, 2.45) is 0 Å². The highest BCUT2D eigenvalue weighted by Gasteiger charge is 2.20. The number of furan rings is 1. The van der Waals surface area contributed by atoms with Crippen molar-refractivity contribution in [3.05, 3.63) is 113 Å². The Kier molecular flexibility index (Phi) is 6.12. The Labute approximate surface area is 196 Å². The van der Waals surface area contributed by atoms with Crippen LogP contribution in [0.1, 0.15) is 22.5 Å². The molecule has 170 valence electrons. The number of carbonyl (C=O) groups excluding carboxylic acids is 1. The molecule has 0 aliphatic rings. The van der Waals surface area contributed by atoms with Crippen molar-refractivity contribution >= 4 is 33.5 Å². The maximum Gasteiger partial charge on any atom is 0.338 e. The molecule has 1 amide bonds. The average molecular weight is 453 g/mol. The molecule has 2 heterocycles. The van der Waals surface area contributed by atoms with E-state index >= 15 is 0 Å². The van der Waals surface area contributed by atoms with Crippen LogP contribution in [-0.4, -0.2) is 23.9 Å². The molecule has 2 aromatic heterocycles. The number of hydrogen-bond donors (Lipinski definition) is 1. The summed E-state index contributed by atoms with van der Waals surface area (Å²) in [6.07, 6.45) is 0.688. The van der Waals surface area contributed by atoms with Gasteiger partial charge in [0.15, 0.2) is 5.76 Å². The van der Waals surface area contributed by atoms with Gasteiger partial charge >= 0.3 is 5.63 Å². The van der Waals surface area contributed by atoms with Crippen LogP contribution in [0.3, 0.4) is 0 Å². The first-order chi connectivity index (χ1) is 16.7. The van der Waals surface area contributed by atoms with Gasteiger partial charge in [-0.05, 0) is 36.2 Å². The Balaban J connectivity index is 1.31. The highest BCUT2D eigenvalue weighted by molar-refractivity contribution is 5.96. The fourth-order valence-corrected chi connectivity index (χ4v) is 4.05. The summed E-state index contributed by atoms with van der Waals surface area (Å²) >= 11 is 0. The maximum atomic E-state index is 13.4. The number of carbonyl (C=O) groups is 1. The van der Waals surface area contributed by atoms with Gasteiger partial charge in [-0.25, -0.2) is 4.79 Å². The Morgan fingerprint density at radius 3 is 2.38 bits per heavy atom. The van der Waals surface area contributed by atoms with Gasteiger partial charge in [0.2, 0.25) is 0 Å². The van der Waals surface area contributed by atoms with Crippen molar-refractivity contribution in [3.8, 4) is 0 Å². The van der Waals surface area contributed by atoms with Crippen LogP contribution in [0.25, 0.3) is 21.9 Å². The Bertz CT molecular complexity index is 1450. The van der Waals surface area contributed by atoms with Gasteiger partial charge in [0.05, 0.1) is 5.69 Å². The third kappa shape index (κ3) is 4.71. The first kappa shape index (κ1) is 21.5. The lowest BCUT2D eigenvalue weighted by Gasteiger charge is -2.22. The van der Waals surface area contributed by atoms with E-state index < -0.39 is 5.63 Å². The van der Waals surface area contributed by atoms with Crippen molar-refractivity contribution in [1.29, 1.82) is 0 Å². The number of rotatable bonds is 8. The van der Waals surface area contributed by atoms with Crippen LogP contribution < -0.4 is 10.9 Å². The third-order valence-corrected chi connectivity index (χ3v) is 5.71. The number of nitrogens with one attached hydrogen (secondary N) is 1. The predicted molar refractivity (Wildman–Crippen MR) is 133 cm³/mol. The molecule has 0 fully saturated rings. The number of para-hydroxylation sites is 2. The minimum atomic E-state index is -0.396. The van der Waals surface area contributed by atoms with E-state index in [2.05, 4.69) is 5.32 Å². The fraction of sp³-hybridized carbons (Fsp3) is 0.143. The van der Waals surface area contributed by atoms with Crippen molar-refractivity contribution in [2.45, 2.75) is 13.0 Å². The predicted octanol–water partition coefficient (Wildman–Crippen LogP) is 5.68. The minimum absolute atomic E-state index is 0.147. The summed E-state index contributed by atoms with van der Waals surface area (Å²) in [7, 11) is 0. The summed E-state index contributed by atoms with van der Waals surface area (Å²) in [6.45, 7) is 1.60.